The van der Waals surface area contributed by atoms with Crippen LogP contribution in [0.25, 0.3) is 6.08 Å². The summed E-state index contributed by atoms with van der Waals surface area (Å²) < 4.78 is 0. The van der Waals surface area contributed by atoms with Crippen molar-refractivity contribution in [2.24, 2.45) is 0 Å². The summed E-state index contributed by atoms with van der Waals surface area (Å²) in [6, 6.07) is 23.3. The number of benzene rings is 3. The van der Waals surface area contributed by atoms with E-state index in [1.807, 2.05) is 55.5 Å². The van der Waals surface area contributed by atoms with E-state index >= 15 is 0 Å². The van der Waals surface area contributed by atoms with Crippen molar-refractivity contribution in [1.29, 1.82) is 0 Å². The van der Waals surface area contributed by atoms with Crippen LogP contribution < -0.4 is 16.0 Å². The summed E-state index contributed by atoms with van der Waals surface area (Å²) in [6.07, 6.45) is 1.60. The Bertz CT molecular complexity index is 1120. The summed E-state index contributed by atoms with van der Waals surface area (Å²) in [7, 11) is 0. The summed E-state index contributed by atoms with van der Waals surface area (Å²) >= 11 is 0. The van der Waals surface area contributed by atoms with E-state index in [1.165, 1.54) is 6.92 Å². The Morgan fingerprint density at radius 1 is 0.742 bits per heavy atom. The van der Waals surface area contributed by atoms with Crippen LogP contribution in [0.2, 0.25) is 0 Å². The maximum absolute atomic E-state index is 12.7. The van der Waals surface area contributed by atoms with Crippen LogP contribution in [0, 0.1) is 6.92 Å². The lowest BCUT2D eigenvalue weighted by Gasteiger charge is -2.11. The third-order valence-electron chi connectivity index (χ3n) is 4.46. The zero-order valence-corrected chi connectivity index (χ0v) is 17.3. The normalized spacial score (nSPS) is 10.8. The van der Waals surface area contributed by atoms with Crippen LogP contribution in [0.5, 0.6) is 0 Å². The van der Waals surface area contributed by atoms with Crippen molar-refractivity contribution in [2.75, 3.05) is 10.6 Å². The molecule has 0 saturated carbocycles. The van der Waals surface area contributed by atoms with Gasteiger partial charge in [0.2, 0.25) is 5.91 Å². The smallest absolute Gasteiger partial charge is 0.272 e. The Hall–Kier alpha value is -4.19. The van der Waals surface area contributed by atoms with Gasteiger partial charge in [0, 0.05) is 23.9 Å². The average Bonchev–Trinajstić information content (AvgIpc) is 2.75. The van der Waals surface area contributed by atoms with E-state index in [-0.39, 0.29) is 17.5 Å². The van der Waals surface area contributed by atoms with Crippen molar-refractivity contribution in [3.05, 3.63) is 101 Å². The molecule has 0 unspecified atom stereocenters. The molecule has 6 nitrogen and oxygen atoms in total. The van der Waals surface area contributed by atoms with E-state index in [9.17, 15) is 14.4 Å². The minimum absolute atomic E-state index is 0.135. The molecule has 3 rings (SSSR count). The summed E-state index contributed by atoms with van der Waals surface area (Å²) in [5, 5.41) is 8.16. The molecule has 0 aliphatic heterocycles. The standard InChI is InChI=1S/C25H23N3O3/c1-17-8-6-7-11-22(17)24(30)27-20-12-14-21(15-13-20)28-25(31)23(26-18(2)29)16-19-9-4-3-5-10-19/h3-16H,1-2H3,(H,26,29)(H,27,30)(H,28,31)/b23-16-. The number of carbonyl (C=O) groups excluding carboxylic acids is 3. The van der Waals surface area contributed by atoms with Gasteiger partial charge in [-0.15, -0.1) is 0 Å². The molecule has 3 amide bonds. The molecule has 0 atom stereocenters. The SMILES string of the molecule is CC(=O)N/C(=C\c1ccccc1)C(=O)Nc1ccc(NC(=O)c2ccccc2C)cc1. The zero-order valence-electron chi connectivity index (χ0n) is 17.3. The van der Waals surface area contributed by atoms with E-state index in [2.05, 4.69) is 16.0 Å². The molecule has 3 aromatic rings. The summed E-state index contributed by atoms with van der Waals surface area (Å²) in [5.41, 5.74) is 3.55. The van der Waals surface area contributed by atoms with Gasteiger partial charge in [-0.1, -0.05) is 48.5 Å². The fourth-order valence-corrected chi connectivity index (χ4v) is 2.93. The molecule has 0 aliphatic rings. The number of rotatable bonds is 6. The van der Waals surface area contributed by atoms with Crippen LogP contribution >= 0.6 is 0 Å². The third kappa shape index (κ3) is 6.14. The number of aryl methyl sites for hydroxylation is 1. The highest BCUT2D eigenvalue weighted by Crippen LogP contribution is 2.17. The maximum Gasteiger partial charge on any atom is 0.272 e. The van der Waals surface area contributed by atoms with Crippen molar-refractivity contribution in [3.63, 3.8) is 0 Å². The highest BCUT2D eigenvalue weighted by atomic mass is 16.2. The Morgan fingerprint density at radius 3 is 1.94 bits per heavy atom. The molecule has 156 valence electrons. The first kappa shape index (κ1) is 21.5. The number of hydrogen-bond donors (Lipinski definition) is 3. The first-order valence-corrected chi connectivity index (χ1v) is 9.75. The van der Waals surface area contributed by atoms with Gasteiger partial charge in [0.15, 0.2) is 0 Å². The molecule has 0 spiro atoms. The second-order valence-corrected chi connectivity index (χ2v) is 6.95. The van der Waals surface area contributed by atoms with Crippen molar-refractivity contribution >= 4 is 35.2 Å². The Kier molecular flexibility index (Phi) is 6.96. The Labute approximate surface area is 181 Å². The highest BCUT2D eigenvalue weighted by molar-refractivity contribution is 6.09. The van der Waals surface area contributed by atoms with Gasteiger partial charge in [0.05, 0.1) is 0 Å². The van der Waals surface area contributed by atoms with Crippen LogP contribution in [0.15, 0.2) is 84.6 Å². The van der Waals surface area contributed by atoms with Gasteiger partial charge in [-0.25, -0.2) is 0 Å². The molecule has 0 aliphatic carbocycles. The third-order valence-corrected chi connectivity index (χ3v) is 4.46. The summed E-state index contributed by atoms with van der Waals surface area (Å²) in [6.45, 7) is 3.22. The lowest BCUT2D eigenvalue weighted by molar-refractivity contribution is -0.120. The van der Waals surface area contributed by atoms with Crippen LogP contribution in [0.1, 0.15) is 28.4 Å². The number of carbonyl (C=O) groups is 3. The van der Waals surface area contributed by atoms with E-state index in [4.69, 9.17) is 0 Å². The van der Waals surface area contributed by atoms with Gasteiger partial charge in [-0.3, -0.25) is 14.4 Å². The van der Waals surface area contributed by atoms with Crippen LogP contribution in [-0.2, 0) is 9.59 Å². The maximum atomic E-state index is 12.7. The monoisotopic (exact) mass is 413 g/mol. The van der Waals surface area contributed by atoms with Crippen LogP contribution in [-0.4, -0.2) is 17.7 Å². The fourth-order valence-electron chi connectivity index (χ4n) is 2.93. The molecule has 0 heterocycles. The molecule has 0 aromatic heterocycles. The molecule has 3 N–H and O–H groups in total. The van der Waals surface area contributed by atoms with Gasteiger partial charge in [-0.2, -0.15) is 0 Å². The second-order valence-electron chi connectivity index (χ2n) is 6.95. The van der Waals surface area contributed by atoms with Crippen molar-refractivity contribution in [1.82, 2.24) is 5.32 Å². The first-order valence-electron chi connectivity index (χ1n) is 9.75. The lowest BCUT2D eigenvalue weighted by atomic mass is 10.1. The first-order chi connectivity index (χ1) is 14.9. The lowest BCUT2D eigenvalue weighted by Crippen LogP contribution is -2.28. The molecule has 31 heavy (non-hydrogen) atoms. The zero-order chi connectivity index (χ0) is 22.2. The summed E-state index contributed by atoms with van der Waals surface area (Å²) in [5.74, 6) is -0.990. The van der Waals surface area contributed by atoms with E-state index in [0.29, 0.717) is 16.9 Å². The molecular formula is C25H23N3O3. The quantitative estimate of drug-likeness (QED) is 0.525. The Balaban J connectivity index is 1.69. The predicted molar refractivity (Wildman–Crippen MR) is 122 cm³/mol. The van der Waals surface area contributed by atoms with E-state index < -0.39 is 5.91 Å². The number of nitrogens with one attached hydrogen (secondary N) is 3. The van der Waals surface area contributed by atoms with Gasteiger partial charge in [0.1, 0.15) is 5.70 Å². The van der Waals surface area contributed by atoms with E-state index in [1.54, 1.807) is 36.4 Å². The minimum atomic E-state index is -0.448. The molecule has 0 saturated heterocycles. The van der Waals surface area contributed by atoms with Crippen LogP contribution in [0.4, 0.5) is 11.4 Å². The summed E-state index contributed by atoms with van der Waals surface area (Å²) in [4.78, 5) is 36.6. The fraction of sp³-hybridized carbons (Fsp3) is 0.0800. The number of anilines is 2. The minimum Gasteiger partial charge on any atom is -0.322 e. The van der Waals surface area contributed by atoms with Crippen molar-refractivity contribution in [2.45, 2.75) is 13.8 Å². The van der Waals surface area contributed by atoms with E-state index in [0.717, 1.165) is 11.1 Å². The molecule has 0 radical (unpaired) electrons. The molecule has 0 bridgehead atoms. The van der Waals surface area contributed by atoms with Crippen molar-refractivity contribution < 1.29 is 14.4 Å². The molecule has 0 fully saturated rings. The largest absolute Gasteiger partial charge is 0.322 e. The average molecular weight is 413 g/mol. The molecule has 3 aromatic carbocycles. The topological polar surface area (TPSA) is 87.3 Å². The number of hydrogen-bond acceptors (Lipinski definition) is 3. The highest BCUT2D eigenvalue weighted by Gasteiger charge is 2.12. The predicted octanol–water partition coefficient (Wildman–Crippen LogP) is 4.36. The Morgan fingerprint density at radius 2 is 1.32 bits per heavy atom. The second kappa shape index (κ2) is 10.0. The van der Waals surface area contributed by atoms with Gasteiger partial charge >= 0.3 is 0 Å². The van der Waals surface area contributed by atoms with Gasteiger partial charge in [0.25, 0.3) is 11.8 Å². The van der Waals surface area contributed by atoms with Crippen molar-refractivity contribution in [3.8, 4) is 0 Å². The van der Waals surface area contributed by atoms with Crippen LogP contribution in [0.3, 0.4) is 0 Å². The van der Waals surface area contributed by atoms with Gasteiger partial charge < -0.3 is 16.0 Å². The number of amides is 3. The van der Waals surface area contributed by atoms with Gasteiger partial charge in [-0.05, 0) is 54.5 Å². The molecule has 6 heteroatoms. The molecular weight excluding hydrogens is 390 g/mol.